The van der Waals surface area contributed by atoms with E-state index in [9.17, 15) is 9.50 Å². The quantitative estimate of drug-likeness (QED) is 0.676. The summed E-state index contributed by atoms with van der Waals surface area (Å²) < 4.78 is 13.9. The maximum atomic E-state index is 13.9. The number of aromatic nitrogens is 2. The van der Waals surface area contributed by atoms with Crippen molar-refractivity contribution >= 4 is 17.3 Å². The van der Waals surface area contributed by atoms with E-state index < -0.39 is 6.10 Å². The minimum Gasteiger partial charge on any atom is -0.390 e. The normalized spacial score (nSPS) is 21.5. The van der Waals surface area contributed by atoms with E-state index in [4.69, 9.17) is 0 Å². The second-order valence-corrected chi connectivity index (χ2v) is 8.22. The molecule has 2 aliphatic rings. The van der Waals surface area contributed by atoms with E-state index in [1.54, 1.807) is 24.3 Å². The van der Waals surface area contributed by atoms with Crippen LogP contribution >= 0.6 is 0 Å². The lowest BCUT2D eigenvalue weighted by atomic mass is 9.94. The minimum atomic E-state index is -0.461. The van der Waals surface area contributed by atoms with E-state index in [-0.39, 0.29) is 11.9 Å². The second-order valence-electron chi connectivity index (χ2n) is 8.22. The van der Waals surface area contributed by atoms with E-state index in [1.165, 1.54) is 23.5 Å². The van der Waals surface area contributed by atoms with E-state index in [1.807, 2.05) is 0 Å². The summed E-state index contributed by atoms with van der Waals surface area (Å²) in [6.45, 7) is 3.18. The molecular formula is C24H26FN5O. The molecule has 2 aromatic carbocycles. The zero-order valence-electron chi connectivity index (χ0n) is 17.3. The predicted octanol–water partition coefficient (Wildman–Crippen LogP) is 3.36. The first-order valence-electron chi connectivity index (χ1n) is 10.7. The van der Waals surface area contributed by atoms with Gasteiger partial charge < -0.3 is 15.3 Å². The number of β-amino-alcohol motifs (C(OH)–C–C–N with tert-alkyl or cyclic N) is 1. The van der Waals surface area contributed by atoms with E-state index in [0.29, 0.717) is 18.1 Å². The maximum absolute atomic E-state index is 13.9. The number of hydrogen-bond acceptors (Lipinski definition) is 6. The van der Waals surface area contributed by atoms with Gasteiger partial charge in [0.25, 0.3) is 0 Å². The Balaban J connectivity index is 1.25. The van der Waals surface area contributed by atoms with Crippen molar-refractivity contribution in [3.63, 3.8) is 0 Å². The van der Waals surface area contributed by atoms with E-state index in [0.717, 1.165) is 38.3 Å². The molecule has 0 aliphatic carbocycles. The molecular weight excluding hydrogens is 393 g/mol. The maximum Gasteiger partial charge on any atom is 0.146 e. The fourth-order valence-electron chi connectivity index (χ4n) is 4.64. The van der Waals surface area contributed by atoms with Crippen molar-refractivity contribution in [1.82, 2.24) is 14.9 Å². The molecule has 6 nitrogen and oxygen atoms in total. The topological polar surface area (TPSA) is 64.5 Å². The van der Waals surface area contributed by atoms with Gasteiger partial charge >= 0.3 is 0 Å². The molecule has 160 valence electrons. The molecule has 0 unspecified atom stereocenters. The van der Waals surface area contributed by atoms with Crippen LogP contribution in [-0.4, -0.2) is 51.8 Å². The number of piperidine rings is 1. The molecule has 0 saturated carbocycles. The first kappa shape index (κ1) is 19.9. The molecule has 7 heteroatoms. The molecule has 2 atom stereocenters. The molecule has 5 rings (SSSR count). The van der Waals surface area contributed by atoms with Crippen molar-refractivity contribution in [2.75, 3.05) is 29.9 Å². The average molecular weight is 420 g/mol. The van der Waals surface area contributed by atoms with Gasteiger partial charge in [0.1, 0.15) is 23.8 Å². The van der Waals surface area contributed by atoms with Crippen molar-refractivity contribution < 1.29 is 9.50 Å². The van der Waals surface area contributed by atoms with Crippen molar-refractivity contribution in [3.8, 4) is 0 Å². The summed E-state index contributed by atoms with van der Waals surface area (Å²) in [4.78, 5) is 13.1. The van der Waals surface area contributed by atoms with Crippen molar-refractivity contribution in [3.05, 3.63) is 77.9 Å². The van der Waals surface area contributed by atoms with Gasteiger partial charge in [-0.25, -0.2) is 14.4 Å². The summed E-state index contributed by atoms with van der Waals surface area (Å²) in [5.74, 6) is 0.927. The van der Waals surface area contributed by atoms with Crippen LogP contribution in [0.1, 0.15) is 17.5 Å². The number of rotatable bonds is 4. The Bertz CT molecular complexity index is 1060. The molecule has 1 fully saturated rings. The molecule has 1 saturated heterocycles. The van der Waals surface area contributed by atoms with Gasteiger partial charge in [0.2, 0.25) is 0 Å². The average Bonchev–Trinajstić information content (AvgIpc) is 2.80. The lowest BCUT2D eigenvalue weighted by Crippen LogP contribution is -2.55. The third-order valence-corrected chi connectivity index (χ3v) is 6.29. The van der Waals surface area contributed by atoms with Crippen molar-refractivity contribution in [2.45, 2.75) is 31.5 Å². The molecule has 3 aromatic rings. The lowest BCUT2D eigenvalue weighted by Gasteiger charge is -2.43. The smallest absolute Gasteiger partial charge is 0.146 e. The predicted molar refractivity (Wildman–Crippen MR) is 119 cm³/mol. The number of benzene rings is 2. The van der Waals surface area contributed by atoms with Gasteiger partial charge in [-0.05, 0) is 36.1 Å². The van der Waals surface area contributed by atoms with Crippen LogP contribution in [0, 0.1) is 5.82 Å². The molecule has 3 heterocycles. The number of halogens is 1. The Kier molecular flexibility index (Phi) is 5.53. The van der Waals surface area contributed by atoms with Crippen molar-refractivity contribution in [1.29, 1.82) is 0 Å². The van der Waals surface area contributed by atoms with Crippen molar-refractivity contribution in [2.24, 2.45) is 0 Å². The molecule has 0 radical (unpaired) electrons. The molecule has 31 heavy (non-hydrogen) atoms. The zero-order valence-corrected chi connectivity index (χ0v) is 17.3. The highest BCUT2D eigenvalue weighted by Gasteiger charge is 2.34. The minimum absolute atomic E-state index is 0.141. The molecule has 0 bridgehead atoms. The fraction of sp³-hybridized carbons (Fsp3) is 0.333. The van der Waals surface area contributed by atoms with Crippen LogP contribution in [0.5, 0.6) is 0 Å². The fourth-order valence-corrected chi connectivity index (χ4v) is 4.64. The number of aliphatic hydroxyl groups excluding tert-OH is 1. The summed E-state index contributed by atoms with van der Waals surface area (Å²) in [6.07, 6.45) is 2.90. The van der Waals surface area contributed by atoms with Gasteiger partial charge in [0, 0.05) is 38.3 Å². The van der Waals surface area contributed by atoms with Crippen LogP contribution in [0.3, 0.4) is 0 Å². The number of para-hydroxylation sites is 1. The summed E-state index contributed by atoms with van der Waals surface area (Å²) in [5, 5.41) is 14.0. The van der Waals surface area contributed by atoms with Crippen LogP contribution in [0.25, 0.3) is 0 Å². The summed E-state index contributed by atoms with van der Waals surface area (Å²) in [6, 6.07) is 17.0. The number of aliphatic hydroxyl groups is 1. The Morgan fingerprint density at radius 3 is 2.65 bits per heavy atom. The number of hydrogen-bond donors (Lipinski definition) is 2. The standard InChI is InChI=1S/C24H26FN5O/c25-19-7-3-4-8-20(19)28-23-13-24(27-16-26-23)30-12-10-21(22(31)15-30)29-11-9-17-5-1-2-6-18(17)14-29/h1-8,13,16,21-22,31H,9-12,14-15H2,(H,26,27,28)/t21-,22-/m0/s1. The number of fused-ring (bicyclic) bond motifs is 1. The summed E-state index contributed by atoms with van der Waals surface area (Å²) >= 11 is 0. The van der Waals surface area contributed by atoms with E-state index >= 15 is 0 Å². The molecule has 1 aromatic heterocycles. The SMILES string of the molecule is O[C@H]1CN(c2cc(Nc3ccccc3F)ncn2)CC[C@@H]1N1CCc2ccccc2C1. The van der Waals surface area contributed by atoms with Gasteiger partial charge in [-0.1, -0.05) is 36.4 Å². The van der Waals surface area contributed by atoms with E-state index in [2.05, 4.69) is 49.4 Å². The summed E-state index contributed by atoms with van der Waals surface area (Å²) in [7, 11) is 0. The van der Waals surface area contributed by atoms with Crippen LogP contribution in [-0.2, 0) is 13.0 Å². The third kappa shape index (κ3) is 4.24. The third-order valence-electron chi connectivity index (χ3n) is 6.29. The first-order chi connectivity index (χ1) is 15.2. The largest absolute Gasteiger partial charge is 0.390 e. The number of nitrogens with zero attached hydrogens (tertiary/aromatic N) is 4. The van der Waals surface area contributed by atoms with Gasteiger partial charge in [-0.15, -0.1) is 0 Å². The Hall–Kier alpha value is -3.03. The van der Waals surface area contributed by atoms with Crippen LogP contribution < -0.4 is 10.2 Å². The van der Waals surface area contributed by atoms with Gasteiger partial charge in [0.15, 0.2) is 0 Å². The van der Waals surface area contributed by atoms with Crippen LogP contribution in [0.2, 0.25) is 0 Å². The zero-order chi connectivity index (χ0) is 21.2. The monoisotopic (exact) mass is 419 g/mol. The van der Waals surface area contributed by atoms with Crippen LogP contribution in [0.4, 0.5) is 21.7 Å². The van der Waals surface area contributed by atoms with Crippen LogP contribution in [0.15, 0.2) is 60.9 Å². The molecule has 2 N–H and O–H groups in total. The van der Waals surface area contributed by atoms with Gasteiger partial charge in [-0.2, -0.15) is 0 Å². The van der Waals surface area contributed by atoms with Gasteiger partial charge in [-0.3, -0.25) is 4.90 Å². The second kappa shape index (κ2) is 8.61. The number of nitrogens with one attached hydrogen (secondary N) is 1. The Morgan fingerprint density at radius 2 is 1.81 bits per heavy atom. The highest BCUT2D eigenvalue weighted by atomic mass is 19.1. The summed E-state index contributed by atoms with van der Waals surface area (Å²) in [5.41, 5.74) is 3.15. The first-order valence-corrected chi connectivity index (χ1v) is 10.7. The highest BCUT2D eigenvalue weighted by molar-refractivity contribution is 5.59. The molecule has 0 amide bonds. The Morgan fingerprint density at radius 1 is 1.00 bits per heavy atom. The number of anilines is 3. The molecule has 2 aliphatic heterocycles. The molecule has 0 spiro atoms. The highest BCUT2D eigenvalue weighted by Crippen LogP contribution is 2.28. The van der Waals surface area contributed by atoms with Gasteiger partial charge in [0.05, 0.1) is 11.8 Å². The lowest BCUT2D eigenvalue weighted by molar-refractivity contribution is 0.0293. The Labute approximate surface area is 181 Å².